The van der Waals surface area contributed by atoms with Crippen molar-refractivity contribution in [3.63, 3.8) is 0 Å². The van der Waals surface area contributed by atoms with Gasteiger partial charge in [0.25, 0.3) is 0 Å². The summed E-state index contributed by atoms with van der Waals surface area (Å²) in [6.07, 6.45) is 2.72. The molecular formula is C15H17N3O. The molecule has 2 N–H and O–H groups in total. The highest BCUT2D eigenvalue weighted by molar-refractivity contribution is 5.62. The number of rotatable bonds is 2. The number of hydrogen-bond donors (Lipinski definition) is 1. The van der Waals surface area contributed by atoms with Gasteiger partial charge in [-0.05, 0) is 43.7 Å². The van der Waals surface area contributed by atoms with Crippen molar-refractivity contribution >= 4 is 0 Å². The standard InChI is InChI=1S/C15H17N3O/c1-15(2,16)14-17-7-5-12(18-14)10-3-4-13-11(9-10)6-8-19-13/h3-5,7,9H,6,8,16H2,1-2H3. The number of nitrogens with two attached hydrogens (primary N) is 1. The molecule has 1 aliphatic rings. The first-order valence-electron chi connectivity index (χ1n) is 6.42. The van der Waals surface area contributed by atoms with E-state index in [4.69, 9.17) is 10.5 Å². The van der Waals surface area contributed by atoms with E-state index in [-0.39, 0.29) is 0 Å². The maximum atomic E-state index is 6.05. The molecule has 0 amide bonds. The maximum Gasteiger partial charge on any atom is 0.148 e. The summed E-state index contributed by atoms with van der Waals surface area (Å²) < 4.78 is 5.51. The lowest BCUT2D eigenvalue weighted by molar-refractivity contribution is 0.357. The molecule has 4 nitrogen and oxygen atoms in total. The molecule has 19 heavy (non-hydrogen) atoms. The van der Waals surface area contributed by atoms with Crippen LogP contribution in [0.2, 0.25) is 0 Å². The van der Waals surface area contributed by atoms with Gasteiger partial charge in [-0.1, -0.05) is 0 Å². The zero-order chi connectivity index (χ0) is 13.5. The van der Waals surface area contributed by atoms with Crippen molar-refractivity contribution in [2.45, 2.75) is 25.8 Å². The van der Waals surface area contributed by atoms with Gasteiger partial charge in [0.1, 0.15) is 11.6 Å². The number of nitrogens with zero attached hydrogens (tertiary/aromatic N) is 2. The van der Waals surface area contributed by atoms with Crippen LogP contribution >= 0.6 is 0 Å². The number of ether oxygens (including phenoxy) is 1. The Kier molecular flexibility index (Phi) is 2.75. The molecule has 98 valence electrons. The zero-order valence-corrected chi connectivity index (χ0v) is 11.2. The highest BCUT2D eigenvalue weighted by atomic mass is 16.5. The third-order valence-electron chi connectivity index (χ3n) is 3.22. The number of aromatic nitrogens is 2. The van der Waals surface area contributed by atoms with E-state index in [1.807, 2.05) is 32.0 Å². The Morgan fingerprint density at radius 2 is 2.11 bits per heavy atom. The molecular weight excluding hydrogens is 238 g/mol. The first kappa shape index (κ1) is 12.1. The van der Waals surface area contributed by atoms with Gasteiger partial charge >= 0.3 is 0 Å². The SMILES string of the molecule is CC(C)(N)c1nccc(-c2ccc3c(c2)CCO3)n1. The molecule has 0 spiro atoms. The Balaban J connectivity index is 2.03. The van der Waals surface area contributed by atoms with Gasteiger partial charge in [0.05, 0.1) is 17.8 Å². The second-order valence-corrected chi connectivity index (χ2v) is 5.41. The summed E-state index contributed by atoms with van der Waals surface area (Å²) in [6, 6.07) is 8.08. The van der Waals surface area contributed by atoms with Crippen LogP contribution in [0.1, 0.15) is 25.2 Å². The molecule has 0 unspecified atom stereocenters. The summed E-state index contributed by atoms with van der Waals surface area (Å²) in [6.45, 7) is 4.58. The minimum absolute atomic E-state index is 0.532. The van der Waals surface area contributed by atoms with E-state index in [1.165, 1.54) is 5.56 Å². The summed E-state index contributed by atoms with van der Waals surface area (Å²) >= 11 is 0. The highest BCUT2D eigenvalue weighted by Gasteiger charge is 2.19. The number of hydrogen-bond acceptors (Lipinski definition) is 4. The minimum Gasteiger partial charge on any atom is -0.493 e. The third kappa shape index (κ3) is 2.31. The predicted octanol–water partition coefficient (Wildman–Crippen LogP) is 2.27. The number of benzene rings is 1. The molecule has 1 aromatic carbocycles. The van der Waals surface area contributed by atoms with E-state index in [0.717, 1.165) is 30.0 Å². The van der Waals surface area contributed by atoms with Crippen molar-refractivity contribution in [1.82, 2.24) is 9.97 Å². The van der Waals surface area contributed by atoms with Crippen LogP contribution in [0.3, 0.4) is 0 Å². The fraction of sp³-hybridized carbons (Fsp3) is 0.333. The second-order valence-electron chi connectivity index (χ2n) is 5.41. The lowest BCUT2D eigenvalue weighted by Crippen LogP contribution is -2.31. The maximum absolute atomic E-state index is 6.05. The van der Waals surface area contributed by atoms with Crippen LogP contribution in [-0.4, -0.2) is 16.6 Å². The van der Waals surface area contributed by atoms with Gasteiger partial charge in [0.15, 0.2) is 0 Å². The van der Waals surface area contributed by atoms with Crippen LogP contribution in [0.25, 0.3) is 11.3 Å². The highest BCUT2D eigenvalue weighted by Crippen LogP contribution is 2.30. The smallest absolute Gasteiger partial charge is 0.148 e. The van der Waals surface area contributed by atoms with Gasteiger partial charge in [-0.15, -0.1) is 0 Å². The Bertz CT molecular complexity index is 617. The van der Waals surface area contributed by atoms with E-state index >= 15 is 0 Å². The van der Waals surface area contributed by atoms with Gasteiger partial charge in [0, 0.05) is 18.2 Å². The summed E-state index contributed by atoms with van der Waals surface area (Å²) in [7, 11) is 0. The first-order valence-corrected chi connectivity index (χ1v) is 6.42. The van der Waals surface area contributed by atoms with Crippen molar-refractivity contribution in [3.8, 4) is 17.0 Å². The van der Waals surface area contributed by atoms with Crippen molar-refractivity contribution in [2.24, 2.45) is 5.73 Å². The largest absolute Gasteiger partial charge is 0.493 e. The van der Waals surface area contributed by atoms with Gasteiger partial charge in [-0.2, -0.15) is 0 Å². The lowest BCUT2D eigenvalue weighted by Gasteiger charge is -2.17. The molecule has 0 fully saturated rings. The molecule has 2 heterocycles. The Morgan fingerprint density at radius 1 is 1.26 bits per heavy atom. The van der Waals surface area contributed by atoms with Gasteiger partial charge < -0.3 is 10.5 Å². The topological polar surface area (TPSA) is 61.0 Å². The fourth-order valence-corrected chi connectivity index (χ4v) is 2.18. The summed E-state index contributed by atoms with van der Waals surface area (Å²) in [5, 5.41) is 0. The molecule has 0 bridgehead atoms. The molecule has 4 heteroatoms. The third-order valence-corrected chi connectivity index (χ3v) is 3.22. The van der Waals surface area contributed by atoms with Crippen molar-refractivity contribution in [2.75, 3.05) is 6.61 Å². The summed E-state index contributed by atoms with van der Waals surface area (Å²) in [5.74, 6) is 1.64. The van der Waals surface area contributed by atoms with E-state index < -0.39 is 5.54 Å². The average molecular weight is 255 g/mol. The van der Waals surface area contributed by atoms with Crippen molar-refractivity contribution in [3.05, 3.63) is 41.9 Å². The van der Waals surface area contributed by atoms with Crippen LogP contribution in [0.5, 0.6) is 5.75 Å². The first-order chi connectivity index (χ1) is 9.04. The molecule has 3 rings (SSSR count). The van der Waals surface area contributed by atoms with Gasteiger partial charge in [-0.3, -0.25) is 0 Å². The van der Waals surface area contributed by atoms with Crippen LogP contribution in [0.4, 0.5) is 0 Å². The predicted molar refractivity (Wildman–Crippen MR) is 73.9 cm³/mol. The molecule has 1 aromatic heterocycles. The van der Waals surface area contributed by atoms with Crippen LogP contribution in [0.15, 0.2) is 30.5 Å². The molecule has 0 radical (unpaired) electrons. The quantitative estimate of drug-likeness (QED) is 0.894. The zero-order valence-electron chi connectivity index (χ0n) is 11.2. The number of fused-ring (bicyclic) bond motifs is 1. The van der Waals surface area contributed by atoms with Crippen molar-refractivity contribution in [1.29, 1.82) is 0 Å². The van der Waals surface area contributed by atoms with E-state index in [1.54, 1.807) is 6.20 Å². The fourth-order valence-electron chi connectivity index (χ4n) is 2.18. The molecule has 0 saturated carbocycles. The normalized spacial score (nSPS) is 14.1. The van der Waals surface area contributed by atoms with E-state index in [9.17, 15) is 0 Å². The lowest BCUT2D eigenvalue weighted by atomic mass is 10.0. The van der Waals surface area contributed by atoms with Gasteiger partial charge in [-0.25, -0.2) is 9.97 Å². The molecule has 1 aliphatic heterocycles. The molecule has 0 saturated heterocycles. The van der Waals surface area contributed by atoms with Crippen molar-refractivity contribution < 1.29 is 4.74 Å². The second kappa shape index (κ2) is 4.31. The minimum atomic E-state index is -0.532. The Morgan fingerprint density at radius 3 is 2.89 bits per heavy atom. The Hall–Kier alpha value is -1.94. The Labute approximate surface area is 112 Å². The van der Waals surface area contributed by atoms with E-state index in [0.29, 0.717) is 5.82 Å². The van der Waals surface area contributed by atoms with Gasteiger partial charge in [0.2, 0.25) is 0 Å². The summed E-state index contributed by atoms with van der Waals surface area (Å²) in [4.78, 5) is 8.81. The van der Waals surface area contributed by atoms with Crippen LogP contribution in [0, 0.1) is 0 Å². The van der Waals surface area contributed by atoms with Crippen LogP contribution in [-0.2, 0) is 12.0 Å². The van der Waals surface area contributed by atoms with E-state index in [2.05, 4.69) is 16.0 Å². The molecule has 0 atom stereocenters. The monoisotopic (exact) mass is 255 g/mol. The summed E-state index contributed by atoms with van der Waals surface area (Å²) in [5.41, 5.74) is 8.74. The molecule has 2 aromatic rings. The molecule has 0 aliphatic carbocycles. The van der Waals surface area contributed by atoms with Crippen LogP contribution < -0.4 is 10.5 Å². The average Bonchev–Trinajstić information content (AvgIpc) is 2.85.